The molecule has 0 saturated carbocycles. The third-order valence-corrected chi connectivity index (χ3v) is 5.27. The highest BCUT2D eigenvalue weighted by molar-refractivity contribution is 7.16. The fourth-order valence-electron chi connectivity index (χ4n) is 2.64. The minimum atomic E-state index is -0.488. The van der Waals surface area contributed by atoms with Crippen molar-refractivity contribution >= 4 is 33.8 Å². The molecule has 0 bridgehead atoms. The fourth-order valence-corrected chi connectivity index (χ4v) is 4.02. The monoisotopic (exact) mass is 334 g/mol. The lowest BCUT2D eigenvalue weighted by Crippen LogP contribution is -2.23. The van der Waals surface area contributed by atoms with Gasteiger partial charge in [-0.1, -0.05) is 11.6 Å². The number of amides is 1. The third-order valence-electron chi connectivity index (χ3n) is 3.87. The van der Waals surface area contributed by atoms with E-state index in [1.165, 1.54) is 27.1 Å². The lowest BCUT2D eigenvalue weighted by Gasteiger charge is -2.12. The van der Waals surface area contributed by atoms with Crippen LogP contribution in [0.2, 0.25) is 5.02 Å². The van der Waals surface area contributed by atoms with Crippen molar-refractivity contribution in [2.75, 3.05) is 5.32 Å². The molecule has 1 aliphatic rings. The normalized spacial score (nSPS) is 15.0. The molecule has 0 radical (unpaired) electrons. The summed E-state index contributed by atoms with van der Waals surface area (Å²) in [6, 6.07) is 1.76. The molecule has 1 aliphatic carbocycles. The van der Waals surface area contributed by atoms with E-state index in [4.69, 9.17) is 11.6 Å². The van der Waals surface area contributed by atoms with Crippen LogP contribution in [0.1, 0.15) is 41.8 Å². The van der Waals surface area contributed by atoms with E-state index >= 15 is 0 Å². The number of carbonyl (C=O) groups is 1. The SMILES string of the molecule is CC(C(=O)Nc1sc2c(c1C#N)CCCC2)n1cc(Cl)cn1. The number of anilines is 1. The van der Waals surface area contributed by atoms with Crippen molar-refractivity contribution < 1.29 is 4.79 Å². The van der Waals surface area contributed by atoms with E-state index in [0.29, 0.717) is 15.6 Å². The first kappa shape index (κ1) is 15.1. The summed E-state index contributed by atoms with van der Waals surface area (Å²) in [5.41, 5.74) is 1.74. The third kappa shape index (κ3) is 2.74. The van der Waals surface area contributed by atoms with Crippen LogP contribution in [-0.2, 0) is 17.6 Å². The van der Waals surface area contributed by atoms with Crippen LogP contribution in [0.25, 0.3) is 0 Å². The van der Waals surface area contributed by atoms with Crippen molar-refractivity contribution in [3.63, 3.8) is 0 Å². The summed E-state index contributed by atoms with van der Waals surface area (Å²) in [5.74, 6) is -0.199. The molecule has 0 aromatic carbocycles. The number of nitriles is 1. The van der Waals surface area contributed by atoms with E-state index in [-0.39, 0.29) is 5.91 Å². The summed E-state index contributed by atoms with van der Waals surface area (Å²) < 4.78 is 1.51. The number of hydrogen-bond donors (Lipinski definition) is 1. The Kier molecular flexibility index (Phi) is 4.19. The van der Waals surface area contributed by atoms with Crippen molar-refractivity contribution in [2.24, 2.45) is 0 Å². The largest absolute Gasteiger partial charge is 0.315 e. The van der Waals surface area contributed by atoms with Gasteiger partial charge in [0.25, 0.3) is 0 Å². The van der Waals surface area contributed by atoms with Gasteiger partial charge in [0.15, 0.2) is 0 Å². The number of fused-ring (bicyclic) bond motifs is 1. The van der Waals surface area contributed by atoms with Crippen LogP contribution in [-0.4, -0.2) is 15.7 Å². The average Bonchev–Trinajstić information content (AvgIpc) is 3.09. The number of nitrogens with one attached hydrogen (secondary N) is 1. The number of carbonyl (C=O) groups excluding carboxylic acids is 1. The van der Waals surface area contributed by atoms with Crippen LogP contribution in [0, 0.1) is 11.3 Å². The van der Waals surface area contributed by atoms with Crippen LogP contribution in [0.3, 0.4) is 0 Å². The molecule has 7 heteroatoms. The molecule has 1 amide bonds. The van der Waals surface area contributed by atoms with Gasteiger partial charge in [0.2, 0.25) is 5.91 Å². The van der Waals surface area contributed by atoms with Gasteiger partial charge in [0.1, 0.15) is 17.1 Å². The average molecular weight is 335 g/mol. The Morgan fingerprint density at radius 1 is 1.55 bits per heavy atom. The predicted molar refractivity (Wildman–Crippen MR) is 86.3 cm³/mol. The Morgan fingerprint density at radius 2 is 2.32 bits per heavy atom. The van der Waals surface area contributed by atoms with Crippen molar-refractivity contribution in [2.45, 2.75) is 38.6 Å². The molecule has 1 atom stereocenters. The minimum absolute atomic E-state index is 0.199. The van der Waals surface area contributed by atoms with Crippen molar-refractivity contribution in [1.29, 1.82) is 5.26 Å². The van der Waals surface area contributed by atoms with Crippen LogP contribution >= 0.6 is 22.9 Å². The topological polar surface area (TPSA) is 70.7 Å². The zero-order valence-electron chi connectivity index (χ0n) is 12.1. The summed E-state index contributed by atoms with van der Waals surface area (Å²) >= 11 is 7.35. The summed E-state index contributed by atoms with van der Waals surface area (Å²) in [4.78, 5) is 13.6. The molecule has 0 saturated heterocycles. The van der Waals surface area contributed by atoms with Gasteiger partial charge in [-0.15, -0.1) is 11.3 Å². The first-order valence-electron chi connectivity index (χ1n) is 7.15. The number of halogens is 1. The molecule has 3 rings (SSSR count). The maximum absolute atomic E-state index is 12.4. The van der Waals surface area contributed by atoms with Gasteiger partial charge >= 0.3 is 0 Å². The van der Waals surface area contributed by atoms with Crippen LogP contribution in [0.5, 0.6) is 0 Å². The maximum Gasteiger partial charge on any atom is 0.249 e. The molecule has 5 nitrogen and oxygen atoms in total. The van der Waals surface area contributed by atoms with Gasteiger partial charge in [-0.2, -0.15) is 10.4 Å². The van der Waals surface area contributed by atoms with E-state index in [1.807, 2.05) is 0 Å². The summed E-state index contributed by atoms with van der Waals surface area (Å²) in [5, 5.41) is 17.5. The van der Waals surface area contributed by atoms with Gasteiger partial charge < -0.3 is 5.32 Å². The lowest BCUT2D eigenvalue weighted by molar-refractivity contribution is -0.119. The van der Waals surface area contributed by atoms with Crippen LogP contribution in [0.15, 0.2) is 12.4 Å². The number of thiophene rings is 1. The number of aryl methyl sites for hydroxylation is 1. The number of hydrogen-bond acceptors (Lipinski definition) is 4. The molecule has 22 heavy (non-hydrogen) atoms. The molecule has 1 N–H and O–H groups in total. The highest BCUT2D eigenvalue weighted by atomic mass is 35.5. The summed E-state index contributed by atoms with van der Waals surface area (Å²) in [6.07, 6.45) is 7.28. The highest BCUT2D eigenvalue weighted by Gasteiger charge is 2.24. The molecule has 0 fully saturated rings. The molecule has 0 spiro atoms. The summed E-state index contributed by atoms with van der Waals surface area (Å²) in [6.45, 7) is 1.75. The van der Waals surface area contributed by atoms with E-state index in [1.54, 1.807) is 13.1 Å². The Labute approximate surface area is 137 Å². The minimum Gasteiger partial charge on any atom is -0.315 e. The molecule has 2 aromatic heterocycles. The molecule has 114 valence electrons. The Morgan fingerprint density at radius 3 is 3.00 bits per heavy atom. The second kappa shape index (κ2) is 6.11. The molecular formula is C15H15ClN4OS. The van der Waals surface area contributed by atoms with Crippen molar-refractivity contribution in [3.05, 3.63) is 33.4 Å². The number of aromatic nitrogens is 2. The van der Waals surface area contributed by atoms with Crippen molar-refractivity contribution in [1.82, 2.24) is 9.78 Å². The smallest absolute Gasteiger partial charge is 0.249 e. The van der Waals surface area contributed by atoms with Crippen LogP contribution < -0.4 is 5.32 Å². The Hall–Kier alpha value is -1.84. The number of rotatable bonds is 3. The predicted octanol–water partition coefficient (Wildman–Crippen LogP) is 3.55. The van der Waals surface area contributed by atoms with Gasteiger partial charge in [-0.05, 0) is 38.2 Å². The van der Waals surface area contributed by atoms with Gasteiger partial charge in [-0.3, -0.25) is 9.48 Å². The molecule has 0 aliphatic heterocycles. The molecule has 1 unspecified atom stereocenters. The van der Waals surface area contributed by atoms with E-state index < -0.39 is 6.04 Å². The summed E-state index contributed by atoms with van der Waals surface area (Å²) in [7, 11) is 0. The Bertz CT molecular complexity index is 758. The van der Waals surface area contributed by atoms with E-state index in [9.17, 15) is 10.1 Å². The first-order chi connectivity index (χ1) is 10.6. The van der Waals surface area contributed by atoms with Crippen molar-refractivity contribution in [3.8, 4) is 6.07 Å². The standard InChI is InChI=1S/C15H15ClN4OS/c1-9(20-8-10(16)7-18-20)14(21)19-15-12(6-17)11-4-2-3-5-13(11)22-15/h7-9H,2-5H2,1H3,(H,19,21). The second-order valence-corrected chi connectivity index (χ2v) is 6.87. The zero-order chi connectivity index (χ0) is 15.7. The van der Waals surface area contributed by atoms with E-state index in [0.717, 1.165) is 31.2 Å². The molecular weight excluding hydrogens is 320 g/mol. The highest BCUT2D eigenvalue weighted by Crippen LogP contribution is 2.37. The zero-order valence-corrected chi connectivity index (χ0v) is 13.7. The first-order valence-corrected chi connectivity index (χ1v) is 8.34. The quantitative estimate of drug-likeness (QED) is 0.933. The fraction of sp³-hybridized carbons (Fsp3) is 0.400. The second-order valence-electron chi connectivity index (χ2n) is 5.33. The molecule has 2 heterocycles. The van der Waals surface area contributed by atoms with Crippen LogP contribution in [0.4, 0.5) is 5.00 Å². The Balaban J connectivity index is 1.82. The van der Waals surface area contributed by atoms with Gasteiger partial charge in [0, 0.05) is 11.1 Å². The van der Waals surface area contributed by atoms with E-state index in [2.05, 4.69) is 16.5 Å². The molecule has 2 aromatic rings. The van der Waals surface area contributed by atoms with Gasteiger partial charge in [0.05, 0.1) is 16.8 Å². The lowest BCUT2D eigenvalue weighted by atomic mass is 9.96. The maximum atomic E-state index is 12.4. The van der Waals surface area contributed by atoms with Gasteiger partial charge in [-0.25, -0.2) is 0 Å². The number of nitrogens with zero attached hydrogens (tertiary/aromatic N) is 3.